The Morgan fingerprint density at radius 3 is 2.69 bits per heavy atom. The van der Waals surface area contributed by atoms with Crippen molar-refractivity contribution in [3.8, 4) is 11.5 Å². The highest BCUT2D eigenvalue weighted by Crippen LogP contribution is 2.25. The van der Waals surface area contributed by atoms with Gasteiger partial charge in [0.1, 0.15) is 6.04 Å². The van der Waals surface area contributed by atoms with E-state index in [1.807, 2.05) is 0 Å². The summed E-state index contributed by atoms with van der Waals surface area (Å²) in [5.41, 5.74) is 0.652. The zero-order valence-corrected chi connectivity index (χ0v) is 9.36. The fourth-order valence-corrected chi connectivity index (χ4v) is 1.41. The van der Waals surface area contributed by atoms with Gasteiger partial charge in [-0.05, 0) is 35.9 Å². The van der Waals surface area contributed by atoms with Gasteiger partial charge >= 0.3 is 5.97 Å². The third-order valence-corrected chi connectivity index (χ3v) is 2.36. The first-order valence-electron chi connectivity index (χ1n) is 4.53. The van der Waals surface area contributed by atoms with Crippen LogP contribution in [-0.2, 0) is 16.0 Å². The maximum atomic E-state index is 11.2. The number of phenols is 2. The Morgan fingerprint density at radius 2 is 2.19 bits per heavy atom. The molecule has 1 aromatic carbocycles. The number of phenolic OH excluding ortho intramolecular Hbond substituents is 2. The van der Waals surface area contributed by atoms with Gasteiger partial charge in [0.25, 0.3) is 0 Å². The van der Waals surface area contributed by atoms with Gasteiger partial charge in [-0.15, -0.1) is 0 Å². The molecule has 0 heterocycles. The molecule has 0 bridgehead atoms. The van der Waals surface area contributed by atoms with Crippen LogP contribution in [0.2, 0.25) is 0 Å². The van der Waals surface area contributed by atoms with Crippen LogP contribution in [0, 0.1) is 0 Å². The van der Waals surface area contributed by atoms with Crippen LogP contribution < -0.4 is 4.84 Å². The third kappa shape index (κ3) is 3.01. The molecule has 1 rings (SSSR count). The van der Waals surface area contributed by atoms with Crippen LogP contribution in [0.1, 0.15) is 5.56 Å². The number of nitrogens with one attached hydrogen (secondary N) is 1. The largest absolute Gasteiger partial charge is 0.504 e. The zero-order chi connectivity index (χ0) is 12.1. The summed E-state index contributed by atoms with van der Waals surface area (Å²) in [7, 11) is 1.26. The topological polar surface area (TPSA) is 78.8 Å². The molecule has 0 aliphatic rings. The molecule has 0 aromatic heterocycles. The van der Waals surface area contributed by atoms with Crippen molar-refractivity contribution in [1.82, 2.24) is 4.84 Å². The molecule has 0 spiro atoms. The van der Waals surface area contributed by atoms with E-state index in [-0.39, 0.29) is 17.9 Å². The van der Waals surface area contributed by atoms with Crippen molar-refractivity contribution >= 4 is 17.7 Å². The number of esters is 1. The van der Waals surface area contributed by atoms with Crippen LogP contribution in [0.25, 0.3) is 0 Å². The number of rotatable bonds is 4. The molecule has 0 fully saturated rings. The van der Waals surface area contributed by atoms with Crippen molar-refractivity contribution in [2.75, 3.05) is 7.11 Å². The van der Waals surface area contributed by atoms with E-state index in [9.17, 15) is 9.90 Å². The Hall–Kier alpha value is -1.46. The second-order valence-corrected chi connectivity index (χ2v) is 3.43. The third-order valence-electron chi connectivity index (χ3n) is 2.10. The summed E-state index contributed by atoms with van der Waals surface area (Å²) in [6, 6.07) is 3.59. The minimum Gasteiger partial charge on any atom is -0.504 e. The molecular weight excluding hydrogens is 234 g/mol. The number of aromatic hydroxyl groups is 2. The van der Waals surface area contributed by atoms with Crippen molar-refractivity contribution in [1.29, 1.82) is 0 Å². The van der Waals surface area contributed by atoms with Crippen molar-refractivity contribution in [2.45, 2.75) is 12.5 Å². The maximum absolute atomic E-state index is 11.2. The second-order valence-electron chi connectivity index (χ2n) is 3.21. The van der Waals surface area contributed by atoms with E-state index in [1.165, 1.54) is 19.2 Å². The first-order chi connectivity index (χ1) is 7.58. The number of carbonyl (C=O) groups is 1. The van der Waals surface area contributed by atoms with Crippen molar-refractivity contribution in [2.24, 2.45) is 0 Å². The summed E-state index contributed by atoms with van der Waals surface area (Å²) < 4.78 is 4.53. The lowest BCUT2D eigenvalue weighted by molar-refractivity contribution is -0.142. The molecule has 0 saturated heterocycles. The fraction of sp³-hybridized carbons (Fsp3) is 0.300. The molecule has 0 saturated carbocycles. The molecule has 6 heteroatoms. The van der Waals surface area contributed by atoms with Crippen molar-refractivity contribution in [3.05, 3.63) is 23.8 Å². The Labute approximate surface area is 97.7 Å². The number of carbonyl (C=O) groups excluding carboxylic acids is 1. The standard InChI is InChI=1S/C10H12ClNO4/c1-16-10(15)7(12-11)4-6-2-3-8(13)9(14)5-6/h2-3,5,7,12-14H,4H2,1H3/t7-/m0/s1. The van der Waals surface area contributed by atoms with Crippen molar-refractivity contribution < 1.29 is 19.7 Å². The van der Waals surface area contributed by atoms with Gasteiger partial charge in [-0.3, -0.25) is 4.79 Å². The number of hydrogen-bond acceptors (Lipinski definition) is 5. The summed E-state index contributed by atoms with van der Waals surface area (Å²) in [4.78, 5) is 13.5. The highest BCUT2D eigenvalue weighted by Gasteiger charge is 2.18. The highest BCUT2D eigenvalue weighted by molar-refractivity contribution is 6.14. The van der Waals surface area contributed by atoms with E-state index in [2.05, 4.69) is 9.57 Å². The predicted molar refractivity (Wildman–Crippen MR) is 58.3 cm³/mol. The molecule has 0 aliphatic heterocycles. The van der Waals surface area contributed by atoms with Crippen LogP contribution >= 0.6 is 11.8 Å². The minimum absolute atomic E-state index is 0.211. The van der Waals surface area contributed by atoms with Crippen molar-refractivity contribution in [3.63, 3.8) is 0 Å². The first kappa shape index (κ1) is 12.6. The molecule has 0 radical (unpaired) electrons. The summed E-state index contributed by atoms with van der Waals surface area (Å²) in [5, 5.41) is 18.4. The quantitative estimate of drug-likeness (QED) is 0.418. The van der Waals surface area contributed by atoms with Crippen LogP contribution in [0.3, 0.4) is 0 Å². The molecule has 0 aliphatic carbocycles. The molecule has 88 valence electrons. The molecular formula is C10H12ClNO4. The molecule has 5 nitrogen and oxygen atoms in total. The van der Waals surface area contributed by atoms with Gasteiger partial charge in [0.05, 0.1) is 7.11 Å². The Bertz CT molecular complexity index is 383. The average molecular weight is 246 g/mol. The molecule has 1 atom stereocenters. The normalized spacial score (nSPS) is 12.1. The minimum atomic E-state index is -0.699. The zero-order valence-electron chi connectivity index (χ0n) is 8.61. The van der Waals surface area contributed by atoms with Crippen LogP contribution in [0.15, 0.2) is 18.2 Å². The summed E-state index contributed by atoms with van der Waals surface area (Å²) in [6.45, 7) is 0. The fourth-order valence-electron chi connectivity index (χ4n) is 1.24. The van der Waals surface area contributed by atoms with Gasteiger partial charge in [0.15, 0.2) is 11.5 Å². The van der Waals surface area contributed by atoms with Gasteiger partial charge in [0, 0.05) is 0 Å². The van der Waals surface area contributed by atoms with Gasteiger partial charge in [0.2, 0.25) is 0 Å². The lowest BCUT2D eigenvalue weighted by atomic mass is 10.1. The molecule has 3 N–H and O–H groups in total. The molecule has 0 unspecified atom stereocenters. The molecule has 0 amide bonds. The van der Waals surface area contributed by atoms with Crippen LogP contribution in [0.5, 0.6) is 11.5 Å². The van der Waals surface area contributed by atoms with Gasteiger partial charge in [-0.25, -0.2) is 4.84 Å². The summed E-state index contributed by atoms with van der Waals surface area (Å²) in [5.74, 6) is -0.949. The van der Waals surface area contributed by atoms with Crippen LogP contribution in [-0.4, -0.2) is 29.3 Å². The van der Waals surface area contributed by atoms with Gasteiger partial charge in [-0.1, -0.05) is 6.07 Å². The SMILES string of the molecule is COC(=O)[C@H](Cc1ccc(O)c(O)c1)NCl. The first-order valence-corrected chi connectivity index (χ1v) is 4.91. The number of hydrogen-bond donors (Lipinski definition) is 3. The van der Waals surface area contributed by atoms with E-state index in [1.54, 1.807) is 6.07 Å². The number of ether oxygens (including phenoxy) is 1. The van der Waals surface area contributed by atoms with Gasteiger partial charge < -0.3 is 14.9 Å². The Balaban J connectivity index is 2.78. The number of methoxy groups -OCH3 is 1. The summed E-state index contributed by atoms with van der Waals surface area (Å²) in [6.07, 6.45) is 0.254. The lowest BCUT2D eigenvalue weighted by Crippen LogP contribution is -2.33. The van der Waals surface area contributed by atoms with Crippen LogP contribution in [0.4, 0.5) is 0 Å². The molecule has 1 aromatic rings. The van der Waals surface area contributed by atoms with E-state index >= 15 is 0 Å². The average Bonchev–Trinajstić information content (AvgIpc) is 2.29. The van der Waals surface area contributed by atoms with E-state index in [0.717, 1.165) is 0 Å². The Kier molecular flexibility index (Phi) is 4.39. The highest BCUT2D eigenvalue weighted by atomic mass is 35.5. The van der Waals surface area contributed by atoms with E-state index in [4.69, 9.17) is 16.9 Å². The number of halogens is 1. The predicted octanol–water partition coefficient (Wildman–Crippen LogP) is 0.925. The van der Waals surface area contributed by atoms with E-state index < -0.39 is 12.0 Å². The second kappa shape index (κ2) is 5.58. The van der Waals surface area contributed by atoms with Gasteiger partial charge in [-0.2, -0.15) is 0 Å². The number of benzene rings is 1. The Morgan fingerprint density at radius 1 is 1.50 bits per heavy atom. The summed E-state index contributed by atoms with van der Waals surface area (Å²) >= 11 is 5.40. The molecule has 16 heavy (non-hydrogen) atoms. The lowest BCUT2D eigenvalue weighted by Gasteiger charge is -2.12. The smallest absolute Gasteiger partial charge is 0.324 e. The van der Waals surface area contributed by atoms with E-state index in [0.29, 0.717) is 5.56 Å². The monoisotopic (exact) mass is 245 g/mol. The maximum Gasteiger partial charge on any atom is 0.324 e.